The molecule has 1 heterocycles. The standard InChI is InChI=1S/C17H24O3/c1-5-11-9-8-10-16(4)12(11)13-14(15(16)18)20-17(6-2,7-3)19-13/h5,9,12-14H,1,6-8,10H2,2-4H3/t12-,13+,14+,16+/m1/s1. The summed E-state index contributed by atoms with van der Waals surface area (Å²) in [6.07, 6.45) is 6.93. The van der Waals surface area contributed by atoms with E-state index in [4.69, 9.17) is 9.47 Å². The van der Waals surface area contributed by atoms with Crippen LogP contribution in [0.5, 0.6) is 0 Å². The summed E-state index contributed by atoms with van der Waals surface area (Å²) in [5.41, 5.74) is 0.813. The van der Waals surface area contributed by atoms with Crippen LogP contribution in [0.1, 0.15) is 46.5 Å². The molecule has 3 heteroatoms. The molecule has 0 aromatic heterocycles. The maximum atomic E-state index is 12.9. The van der Waals surface area contributed by atoms with Crippen LogP contribution in [0.4, 0.5) is 0 Å². The first kappa shape index (κ1) is 14.0. The Balaban J connectivity index is 2.01. The molecule has 4 atom stereocenters. The molecule has 2 aliphatic carbocycles. The SMILES string of the molecule is C=CC1=CCC[C@]2(C)C(=O)[C@H]3OC(CC)(CC)O[C@H]3[C@@H]12. The highest BCUT2D eigenvalue weighted by molar-refractivity contribution is 5.93. The number of fused-ring (bicyclic) bond motifs is 3. The third-order valence-electron chi connectivity index (χ3n) is 5.54. The van der Waals surface area contributed by atoms with Crippen LogP contribution in [-0.4, -0.2) is 23.8 Å². The minimum atomic E-state index is -0.573. The molecule has 0 spiro atoms. The van der Waals surface area contributed by atoms with E-state index in [2.05, 4.69) is 33.4 Å². The summed E-state index contributed by atoms with van der Waals surface area (Å²) < 4.78 is 12.4. The fourth-order valence-corrected chi connectivity index (χ4v) is 4.22. The minimum Gasteiger partial charge on any atom is -0.343 e. The third-order valence-corrected chi connectivity index (χ3v) is 5.54. The number of ketones is 1. The molecule has 0 amide bonds. The largest absolute Gasteiger partial charge is 0.343 e. The summed E-state index contributed by atoms with van der Waals surface area (Å²) in [5, 5.41) is 0. The molecule has 20 heavy (non-hydrogen) atoms. The number of carbonyl (C=O) groups is 1. The van der Waals surface area contributed by atoms with E-state index in [-0.39, 0.29) is 23.2 Å². The highest BCUT2D eigenvalue weighted by Crippen LogP contribution is 2.56. The smallest absolute Gasteiger partial charge is 0.170 e. The lowest BCUT2D eigenvalue weighted by atomic mass is 9.68. The molecule has 1 aliphatic heterocycles. The zero-order valence-electron chi connectivity index (χ0n) is 12.6. The molecule has 0 bridgehead atoms. The Kier molecular flexibility index (Phi) is 3.18. The Hall–Kier alpha value is -0.930. The van der Waals surface area contributed by atoms with Crippen molar-refractivity contribution in [3.63, 3.8) is 0 Å². The molecule has 3 nitrogen and oxygen atoms in total. The van der Waals surface area contributed by atoms with Gasteiger partial charge in [-0.3, -0.25) is 4.79 Å². The number of allylic oxidation sites excluding steroid dienone is 2. The molecule has 2 fully saturated rings. The molecule has 0 radical (unpaired) electrons. The zero-order chi connectivity index (χ0) is 14.5. The van der Waals surface area contributed by atoms with Gasteiger partial charge in [-0.25, -0.2) is 0 Å². The molecule has 110 valence electrons. The van der Waals surface area contributed by atoms with E-state index in [0.29, 0.717) is 0 Å². The summed E-state index contributed by atoms with van der Waals surface area (Å²) in [4.78, 5) is 12.9. The number of hydrogen-bond donors (Lipinski definition) is 0. The molecule has 1 saturated heterocycles. The van der Waals surface area contributed by atoms with E-state index < -0.39 is 11.9 Å². The molecule has 3 rings (SSSR count). The maximum absolute atomic E-state index is 12.9. The van der Waals surface area contributed by atoms with Gasteiger partial charge in [0.15, 0.2) is 11.6 Å². The Morgan fingerprint density at radius 1 is 1.40 bits per heavy atom. The highest BCUT2D eigenvalue weighted by Gasteiger charge is 2.65. The number of carbonyl (C=O) groups excluding carboxylic acids is 1. The quantitative estimate of drug-likeness (QED) is 0.792. The van der Waals surface area contributed by atoms with Gasteiger partial charge in [-0.2, -0.15) is 0 Å². The fourth-order valence-electron chi connectivity index (χ4n) is 4.22. The van der Waals surface area contributed by atoms with Crippen LogP contribution in [0.2, 0.25) is 0 Å². The van der Waals surface area contributed by atoms with Gasteiger partial charge in [0.25, 0.3) is 0 Å². The monoisotopic (exact) mass is 276 g/mol. The first-order valence-electron chi connectivity index (χ1n) is 7.74. The van der Waals surface area contributed by atoms with Crippen LogP contribution in [0, 0.1) is 11.3 Å². The molecule has 0 unspecified atom stereocenters. The maximum Gasteiger partial charge on any atom is 0.170 e. The lowest BCUT2D eigenvalue weighted by Crippen LogP contribution is -2.40. The summed E-state index contributed by atoms with van der Waals surface area (Å²) in [7, 11) is 0. The van der Waals surface area contributed by atoms with E-state index in [1.807, 2.05) is 6.08 Å². The second kappa shape index (κ2) is 4.54. The van der Waals surface area contributed by atoms with Crippen molar-refractivity contribution in [2.45, 2.75) is 64.4 Å². The summed E-state index contributed by atoms with van der Waals surface area (Å²) >= 11 is 0. The third kappa shape index (κ3) is 1.63. The molecule has 3 aliphatic rings. The van der Waals surface area contributed by atoms with Gasteiger partial charge in [0.05, 0.1) is 0 Å². The Morgan fingerprint density at radius 3 is 2.70 bits per heavy atom. The minimum absolute atomic E-state index is 0.103. The Labute approximate surface area is 121 Å². The number of Topliss-reactive ketones (excluding diaryl/α,β-unsaturated/α-hetero) is 1. The normalized spacial score (nSPS) is 42.0. The molecule has 0 N–H and O–H groups in total. The van der Waals surface area contributed by atoms with Crippen molar-refractivity contribution in [3.8, 4) is 0 Å². The van der Waals surface area contributed by atoms with Crippen LogP contribution in [-0.2, 0) is 14.3 Å². The first-order chi connectivity index (χ1) is 9.51. The average molecular weight is 276 g/mol. The topological polar surface area (TPSA) is 35.5 Å². The number of rotatable bonds is 3. The van der Waals surface area contributed by atoms with Crippen molar-refractivity contribution < 1.29 is 14.3 Å². The summed E-state index contributed by atoms with van der Waals surface area (Å²) in [6, 6.07) is 0. The van der Waals surface area contributed by atoms with Gasteiger partial charge in [0.2, 0.25) is 0 Å². The van der Waals surface area contributed by atoms with Gasteiger partial charge in [0, 0.05) is 11.3 Å². The van der Waals surface area contributed by atoms with Crippen LogP contribution in [0.3, 0.4) is 0 Å². The fraction of sp³-hybridized carbons (Fsp3) is 0.706. The molecular weight excluding hydrogens is 252 g/mol. The van der Waals surface area contributed by atoms with Gasteiger partial charge in [-0.15, -0.1) is 0 Å². The predicted molar refractivity (Wildman–Crippen MR) is 77.2 cm³/mol. The van der Waals surface area contributed by atoms with Crippen molar-refractivity contribution in [3.05, 3.63) is 24.3 Å². The van der Waals surface area contributed by atoms with Crippen LogP contribution >= 0.6 is 0 Å². The lowest BCUT2D eigenvalue weighted by molar-refractivity contribution is -0.195. The molecule has 0 aromatic carbocycles. The molecule has 1 saturated carbocycles. The van der Waals surface area contributed by atoms with Crippen molar-refractivity contribution in [2.75, 3.05) is 0 Å². The van der Waals surface area contributed by atoms with Gasteiger partial charge in [0.1, 0.15) is 12.2 Å². The van der Waals surface area contributed by atoms with Crippen LogP contribution < -0.4 is 0 Å². The Bertz CT molecular complexity index is 475. The Morgan fingerprint density at radius 2 is 2.10 bits per heavy atom. The van der Waals surface area contributed by atoms with Crippen molar-refractivity contribution >= 4 is 5.78 Å². The average Bonchev–Trinajstić information content (AvgIpc) is 2.93. The van der Waals surface area contributed by atoms with E-state index >= 15 is 0 Å². The number of ether oxygens (including phenoxy) is 2. The van der Waals surface area contributed by atoms with E-state index in [0.717, 1.165) is 31.3 Å². The molecule has 0 aromatic rings. The van der Waals surface area contributed by atoms with Gasteiger partial charge in [-0.1, -0.05) is 39.5 Å². The van der Waals surface area contributed by atoms with Crippen molar-refractivity contribution in [1.29, 1.82) is 0 Å². The first-order valence-corrected chi connectivity index (χ1v) is 7.74. The lowest BCUT2D eigenvalue weighted by Gasteiger charge is -2.38. The van der Waals surface area contributed by atoms with Crippen molar-refractivity contribution in [2.24, 2.45) is 11.3 Å². The van der Waals surface area contributed by atoms with Gasteiger partial charge >= 0.3 is 0 Å². The second-order valence-electron chi connectivity index (χ2n) is 6.45. The van der Waals surface area contributed by atoms with E-state index in [1.54, 1.807) is 0 Å². The number of hydrogen-bond acceptors (Lipinski definition) is 3. The predicted octanol–water partition coefficient (Wildman–Crippen LogP) is 3.40. The van der Waals surface area contributed by atoms with Crippen LogP contribution in [0.25, 0.3) is 0 Å². The van der Waals surface area contributed by atoms with Gasteiger partial charge < -0.3 is 9.47 Å². The zero-order valence-corrected chi connectivity index (χ0v) is 12.6. The molecular formula is C17H24O3. The summed E-state index contributed by atoms with van der Waals surface area (Å²) in [5.74, 6) is -0.245. The second-order valence-corrected chi connectivity index (χ2v) is 6.45. The van der Waals surface area contributed by atoms with E-state index in [1.165, 1.54) is 0 Å². The highest BCUT2D eigenvalue weighted by atomic mass is 16.8. The summed E-state index contributed by atoms with van der Waals surface area (Å²) in [6.45, 7) is 10.1. The van der Waals surface area contributed by atoms with Gasteiger partial charge in [-0.05, 0) is 31.3 Å². The van der Waals surface area contributed by atoms with Crippen molar-refractivity contribution in [1.82, 2.24) is 0 Å². The van der Waals surface area contributed by atoms with E-state index in [9.17, 15) is 4.79 Å². The van der Waals surface area contributed by atoms with Crippen LogP contribution in [0.15, 0.2) is 24.3 Å².